The highest BCUT2D eigenvalue weighted by atomic mass is 16.5. The van der Waals surface area contributed by atoms with Crippen LogP contribution in [0.15, 0.2) is 30.3 Å². The normalized spacial score (nSPS) is 27.3. The van der Waals surface area contributed by atoms with Crippen LogP contribution < -0.4 is 4.74 Å². The number of likely N-dealkylation sites (tertiary alicyclic amines) is 2. The molecule has 1 aromatic carbocycles. The highest BCUT2D eigenvalue weighted by Crippen LogP contribution is 2.38. The molecule has 1 spiro atoms. The molecule has 0 bridgehead atoms. The fraction of sp³-hybridized carbons (Fsp3) is 0.591. The first kappa shape index (κ1) is 18.7. The van der Waals surface area contributed by atoms with Crippen molar-refractivity contribution < 1.29 is 9.84 Å². The van der Waals surface area contributed by atoms with Gasteiger partial charge in [-0.3, -0.25) is 9.88 Å². The Morgan fingerprint density at radius 1 is 1.22 bits per heavy atom. The average molecular weight is 370 g/mol. The van der Waals surface area contributed by atoms with Crippen molar-refractivity contribution in [2.24, 2.45) is 5.41 Å². The van der Waals surface area contributed by atoms with Crippen molar-refractivity contribution in [1.29, 1.82) is 0 Å². The van der Waals surface area contributed by atoms with Crippen LogP contribution in [0.5, 0.6) is 5.75 Å². The summed E-state index contributed by atoms with van der Waals surface area (Å²) in [4.78, 5) is 9.72. The summed E-state index contributed by atoms with van der Waals surface area (Å²) in [7, 11) is 2.17. The van der Waals surface area contributed by atoms with Crippen LogP contribution in [-0.2, 0) is 6.54 Å². The van der Waals surface area contributed by atoms with Gasteiger partial charge in [0.25, 0.3) is 0 Å². The van der Waals surface area contributed by atoms with E-state index in [4.69, 9.17) is 9.72 Å². The average Bonchev–Trinajstić information content (AvgIpc) is 2.66. The van der Waals surface area contributed by atoms with Crippen molar-refractivity contribution in [1.82, 2.24) is 14.8 Å². The molecule has 0 aliphatic carbocycles. The number of rotatable bonds is 4. The van der Waals surface area contributed by atoms with Gasteiger partial charge in [0.1, 0.15) is 5.75 Å². The molecule has 2 fully saturated rings. The second kappa shape index (κ2) is 7.74. The van der Waals surface area contributed by atoms with Gasteiger partial charge >= 0.3 is 0 Å². The van der Waals surface area contributed by atoms with Crippen molar-refractivity contribution in [3.63, 3.8) is 0 Å². The van der Waals surface area contributed by atoms with Gasteiger partial charge in [-0.05, 0) is 64.0 Å². The Labute approximate surface area is 161 Å². The van der Waals surface area contributed by atoms with Gasteiger partial charge in [-0.2, -0.15) is 0 Å². The Hall–Kier alpha value is -1.69. The van der Waals surface area contributed by atoms with E-state index in [1.54, 1.807) is 0 Å². The zero-order valence-corrected chi connectivity index (χ0v) is 16.5. The van der Waals surface area contributed by atoms with Gasteiger partial charge in [-0.1, -0.05) is 6.07 Å². The number of benzene rings is 1. The minimum absolute atomic E-state index is 0.0223. The van der Waals surface area contributed by atoms with Crippen LogP contribution in [0, 0.1) is 5.41 Å². The van der Waals surface area contributed by atoms with E-state index in [1.165, 1.54) is 0 Å². The third-order valence-corrected chi connectivity index (χ3v) is 6.18. The minimum atomic E-state index is -0.182. The molecule has 5 heteroatoms. The van der Waals surface area contributed by atoms with E-state index in [1.807, 2.05) is 19.1 Å². The van der Waals surface area contributed by atoms with Crippen molar-refractivity contribution in [3.05, 3.63) is 36.0 Å². The smallest absolute Gasteiger partial charge is 0.120 e. The lowest BCUT2D eigenvalue weighted by Crippen LogP contribution is -2.58. The molecule has 2 aliphatic heterocycles. The lowest BCUT2D eigenvalue weighted by atomic mass is 9.71. The number of hydrogen-bond donors (Lipinski definition) is 1. The molecule has 5 nitrogen and oxygen atoms in total. The summed E-state index contributed by atoms with van der Waals surface area (Å²) >= 11 is 0. The van der Waals surface area contributed by atoms with Crippen LogP contribution in [0.3, 0.4) is 0 Å². The first-order chi connectivity index (χ1) is 13.1. The van der Waals surface area contributed by atoms with Crippen molar-refractivity contribution in [2.45, 2.75) is 38.8 Å². The van der Waals surface area contributed by atoms with E-state index in [0.717, 1.165) is 74.3 Å². The maximum absolute atomic E-state index is 10.7. The number of aromatic nitrogens is 1. The Morgan fingerprint density at radius 2 is 2.11 bits per heavy atom. The van der Waals surface area contributed by atoms with Gasteiger partial charge in [-0.25, -0.2) is 0 Å². The molecular weight excluding hydrogens is 338 g/mol. The maximum atomic E-state index is 10.7. The largest absolute Gasteiger partial charge is 0.494 e. The molecule has 0 saturated carbocycles. The topological polar surface area (TPSA) is 48.8 Å². The van der Waals surface area contributed by atoms with Crippen LogP contribution in [-0.4, -0.2) is 65.8 Å². The third-order valence-electron chi connectivity index (χ3n) is 6.18. The number of pyridine rings is 1. The molecule has 0 unspecified atom stereocenters. The van der Waals surface area contributed by atoms with Crippen LogP contribution in [0.2, 0.25) is 0 Å². The molecule has 3 heterocycles. The molecule has 0 radical (unpaired) electrons. The Morgan fingerprint density at radius 3 is 2.96 bits per heavy atom. The van der Waals surface area contributed by atoms with Gasteiger partial charge in [0.05, 0.1) is 23.9 Å². The molecule has 2 atom stereocenters. The number of ether oxygens (including phenoxy) is 1. The Balaban J connectivity index is 1.49. The van der Waals surface area contributed by atoms with Crippen LogP contribution in [0.25, 0.3) is 10.9 Å². The highest BCUT2D eigenvalue weighted by molar-refractivity contribution is 5.80. The number of aliphatic hydroxyl groups is 1. The van der Waals surface area contributed by atoms with Gasteiger partial charge in [-0.15, -0.1) is 0 Å². The fourth-order valence-electron chi connectivity index (χ4n) is 4.88. The molecule has 1 N–H and O–H groups in total. The van der Waals surface area contributed by atoms with Crippen LogP contribution >= 0.6 is 0 Å². The highest BCUT2D eigenvalue weighted by Gasteiger charge is 2.44. The van der Waals surface area contributed by atoms with E-state index >= 15 is 0 Å². The fourth-order valence-corrected chi connectivity index (χ4v) is 4.88. The van der Waals surface area contributed by atoms with Crippen molar-refractivity contribution in [3.8, 4) is 5.75 Å². The predicted molar refractivity (Wildman–Crippen MR) is 108 cm³/mol. The Bertz CT molecular complexity index is 796. The first-order valence-corrected chi connectivity index (χ1v) is 10.2. The number of piperidine rings is 2. The van der Waals surface area contributed by atoms with E-state index in [0.29, 0.717) is 6.61 Å². The zero-order valence-electron chi connectivity index (χ0n) is 16.5. The minimum Gasteiger partial charge on any atom is -0.494 e. The summed E-state index contributed by atoms with van der Waals surface area (Å²) in [6, 6.07) is 10.4. The number of aliphatic hydroxyl groups excluding tert-OH is 1. The van der Waals surface area contributed by atoms with Gasteiger partial charge in [0.15, 0.2) is 0 Å². The van der Waals surface area contributed by atoms with Gasteiger partial charge in [0.2, 0.25) is 0 Å². The Kier molecular flexibility index (Phi) is 5.35. The lowest BCUT2D eigenvalue weighted by Gasteiger charge is -2.50. The zero-order chi connectivity index (χ0) is 18.9. The van der Waals surface area contributed by atoms with E-state index in [9.17, 15) is 5.11 Å². The summed E-state index contributed by atoms with van der Waals surface area (Å²) in [5.41, 5.74) is 2.14. The predicted octanol–water partition coefficient (Wildman–Crippen LogP) is 2.91. The second-order valence-electron chi connectivity index (χ2n) is 8.31. The van der Waals surface area contributed by atoms with Gasteiger partial charge in [0, 0.05) is 37.0 Å². The molecule has 2 aliphatic rings. The summed E-state index contributed by atoms with van der Waals surface area (Å²) in [6.07, 6.45) is 2.98. The van der Waals surface area contributed by atoms with Crippen LogP contribution in [0.4, 0.5) is 0 Å². The van der Waals surface area contributed by atoms with E-state index < -0.39 is 0 Å². The molecule has 2 aromatic rings. The molecular formula is C22H31N3O2. The number of hydrogen-bond acceptors (Lipinski definition) is 5. The summed E-state index contributed by atoms with van der Waals surface area (Å²) in [5, 5.41) is 11.8. The maximum Gasteiger partial charge on any atom is 0.120 e. The first-order valence-electron chi connectivity index (χ1n) is 10.2. The quantitative estimate of drug-likeness (QED) is 0.898. The SMILES string of the molecule is CCOc1ccc2nc(CN3CCC[C@]4(CN(C)CC[C@@H]4O)C3)ccc2c1. The molecule has 27 heavy (non-hydrogen) atoms. The standard InChI is InChI=1S/C22H31N3O2/c1-3-27-19-7-8-20-17(13-19)5-6-18(23-20)14-25-11-4-10-22(16-25)15-24(2)12-9-21(22)26/h5-8,13,21,26H,3-4,9-12,14-16H2,1-2H3/t21-,22-/m0/s1. The number of fused-ring (bicyclic) bond motifs is 1. The summed E-state index contributed by atoms with van der Waals surface area (Å²) < 4.78 is 5.58. The molecule has 4 rings (SSSR count). The summed E-state index contributed by atoms with van der Waals surface area (Å²) in [5.74, 6) is 0.896. The monoisotopic (exact) mass is 369 g/mol. The van der Waals surface area contributed by atoms with Gasteiger partial charge < -0.3 is 14.7 Å². The van der Waals surface area contributed by atoms with Crippen molar-refractivity contribution >= 4 is 10.9 Å². The molecule has 2 saturated heterocycles. The van der Waals surface area contributed by atoms with Crippen LogP contribution in [0.1, 0.15) is 31.9 Å². The lowest BCUT2D eigenvalue weighted by molar-refractivity contribution is -0.0809. The van der Waals surface area contributed by atoms with E-state index in [2.05, 4.69) is 35.0 Å². The van der Waals surface area contributed by atoms with E-state index in [-0.39, 0.29) is 11.5 Å². The van der Waals surface area contributed by atoms with Crippen molar-refractivity contribution in [2.75, 3.05) is 39.8 Å². The summed E-state index contributed by atoms with van der Waals surface area (Å²) in [6.45, 7) is 7.56. The molecule has 146 valence electrons. The molecule has 1 aromatic heterocycles. The number of nitrogens with zero attached hydrogens (tertiary/aromatic N) is 3. The third kappa shape index (κ3) is 3.96. The second-order valence-corrected chi connectivity index (χ2v) is 8.31. The molecule has 0 amide bonds.